The number of non-ortho nitro benzene ring substituents is 1. The van der Waals surface area contributed by atoms with Gasteiger partial charge in [-0.1, -0.05) is 17.4 Å². The summed E-state index contributed by atoms with van der Waals surface area (Å²) in [6.45, 7) is 4.15. The van der Waals surface area contributed by atoms with Gasteiger partial charge in [0.15, 0.2) is 4.80 Å². The molecular weight excluding hydrogens is 434 g/mol. The smallest absolute Gasteiger partial charge is 0.326 e. The fourth-order valence-corrected chi connectivity index (χ4v) is 4.00. The summed E-state index contributed by atoms with van der Waals surface area (Å²) in [6.07, 6.45) is 2.79. The van der Waals surface area contributed by atoms with Crippen LogP contribution in [0.1, 0.15) is 19.4 Å². The number of rotatable bonds is 8. The third-order valence-electron chi connectivity index (χ3n) is 4.28. The lowest BCUT2D eigenvalue weighted by atomic mass is 10.2. The van der Waals surface area contributed by atoms with Gasteiger partial charge in [0, 0.05) is 18.2 Å². The van der Waals surface area contributed by atoms with Crippen LogP contribution in [0.15, 0.2) is 53.5 Å². The second-order valence-electron chi connectivity index (χ2n) is 6.44. The molecule has 0 fully saturated rings. The number of aromatic nitrogens is 1. The number of ether oxygens (including phenoxy) is 2. The van der Waals surface area contributed by atoms with Gasteiger partial charge in [0.25, 0.3) is 11.6 Å². The first kappa shape index (κ1) is 22.9. The Morgan fingerprint density at radius 2 is 1.91 bits per heavy atom. The number of esters is 1. The third-order valence-corrected chi connectivity index (χ3v) is 5.33. The normalized spacial score (nSPS) is 11.8. The molecule has 0 bridgehead atoms. The number of fused-ring (bicyclic) bond motifs is 1. The van der Waals surface area contributed by atoms with E-state index in [9.17, 15) is 19.7 Å². The van der Waals surface area contributed by atoms with Crippen LogP contribution in [0.5, 0.6) is 5.75 Å². The molecule has 32 heavy (non-hydrogen) atoms. The molecule has 1 heterocycles. The summed E-state index contributed by atoms with van der Waals surface area (Å²) >= 11 is 1.26. The molecule has 0 aliphatic rings. The van der Waals surface area contributed by atoms with Crippen LogP contribution in [0.3, 0.4) is 0 Å². The van der Waals surface area contributed by atoms with Gasteiger partial charge in [0.05, 0.1) is 22.8 Å². The quantitative estimate of drug-likeness (QED) is 0.221. The number of benzene rings is 2. The van der Waals surface area contributed by atoms with Crippen molar-refractivity contribution < 1.29 is 24.0 Å². The molecule has 0 saturated carbocycles. The Balaban J connectivity index is 1.98. The van der Waals surface area contributed by atoms with Crippen LogP contribution in [0.2, 0.25) is 0 Å². The standard InChI is InChI=1S/C22H21N3O6S/c1-3-30-17-6-5-7-18-21(17)24(14-20(27)31-4-2)22(32-18)23-19(26)13-10-15-8-11-16(12-9-15)25(28)29/h5-13H,3-4,14H2,1-2H3/b13-10-,23-22?. The van der Waals surface area contributed by atoms with Gasteiger partial charge in [0.2, 0.25) is 0 Å². The molecule has 1 amide bonds. The number of nitro benzene ring substituents is 1. The van der Waals surface area contributed by atoms with Crippen molar-refractivity contribution >= 4 is 45.2 Å². The Bertz CT molecular complexity index is 1240. The Hall–Kier alpha value is -3.79. The second-order valence-corrected chi connectivity index (χ2v) is 7.45. The third kappa shape index (κ3) is 5.46. The Morgan fingerprint density at radius 3 is 2.56 bits per heavy atom. The maximum absolute atomic E-state index is 12.5. The Morgan fingerprint density at radius 1 is 1.16 bits per heavy atom. The maximum atomic E-state index is 12.5. The minimum absolute atomic E-state index is 0.0338. The molecule has 3 aromatic rings. The van der Waals surface area contributed by atoms with Crippen molar-refractivity contribution in [3.63, 3.8) is 0 Å². The van der Waals surface area contributed by atoms with Gasteiger partial charge in [-0.05, 0) is 49.8 Å². The number of para-hydroxylation sites is 1. The zero-order chi connectivity index (χ0) is 23.1. The summed E-state index contributed by atoms with van der Waals surface area (Å²) in [5, 5.41) is 10.7. The summed E-state index contributed by atoms with van der Waals surface area (Å²) in [5.74, 6) is -0.403. The van der Waals surface area contributed by atoms with Crippen molar-refractivity contribution in [1.82, 2.24) is 4.57 Å². The van der Waals surface area contributed by atoms with Crippen LogP contribution in [0, 0.1) is 10.1 Å². The highest BCUT2D eigenvalue weighted by atomic mass is 32.1. The average molecular weight is 455 g/mol. The molecule has 0 unspecified atom stereocenters. The highest BCUT2D eigenvalue weighted by Gasteiger charge is 2.15. The molecule has 0 aliphatic heterocycles. The van der Waals surface area contributed by atoms with E-state index in [0.717, 1.165) is 4.70 Å². The van der Waals surface area contributed by atoms with Gasteiger partial charge in [-0.3, -0.25) is 19.7 Å². The van der Waals surface area contributed by atoms with Crippen molar-refractivity contribution in [1.29, 1.82) is 0 Å². The number of amides is 1. The van der Waals surface area contributed by atoms with E-state index in [4.69, 9.17) is 9.47 Å². The minimum Gasteiger partial charge on any atom is -0.492 e. The number of nitrogens with zero attached hydrogens (tertiary/aromatic N) is 3. The predicted octanol–water partition coefficient (Wildman–Crippen LogP) is 3.71. The fraction of sp³-hybridized carbons (Fsp3) is 0.227. The Kier molecular flexibility index (Phi) is 7.50. The zero-order valence-corrected chi connectivity index (χ0v) is 18.3. The number of hydrogen-bond donors (Lipinski definition) is 0. The monoisotopic (exact) mass is 455 g/mol. The molecule has 0 radical (unpaired) electrons. The van der Waals surface area contributed by atoms with Crippen molar-refractivity contribution in [3.8, 4) is 5.75 Å². The number of carbonyl (C=O) groups is 2. The van der Waals surface area contributed by atoms with E-state index in [1.807, 2.05) is 19.1 Å². The number of nitro groups is 1. The topological polar surface area (TPSA) is 113 Å². The van der Waals surface area contributed by atoms with E-state index < -0.39 is 16.8 Å². The molecule has 3 rings (SSSR count). The number of thiazole rings is 1. The van der Waals surface area contributed by atoms with Crippen LogP contribution in [0.4, 0.5) is 5.69 Å². The van der Waals surface area contributed by atoms with E-state index >= 15 is 0 Å². The van der Waals surface area contributed by atoms with Crippen molar-refractivity contribution in [2.45, 2.75) is 20.4 Å². The predicted molar refractivity (Wildman–Crippen MR) is 120 cm³/mol. The molecular formula is C22H21N3O6S. The molecule has 0 aliphatic carbocycles. The lowest BCUT2D eigenvalue weighted by Crippen LogP contribution is -2.23. The second kappa shape index (κ2) is 10.5. The van der Waals surface area contributed by atoms with Gasteiger partial charge >= 0.3 is 5.97 Å². The summed E-state index contributed by atoms with van der Waals surface area (Å²) < 4.78 is 13.2. The van der Waals surface area contributed by atoms with Crippen molar-refractivity contribution in [2.75, 3.05) is 13.2 Å². The van der Waals surface area contributed by atoms with Gasteiger partial charge in [-0.25, -0.2) is 0 Å². The lowest BCUT2D eigenvalue weighted by molar-refractivity contribution is -0.384. The molecule has 0 saturated heterocycles. The maximum Gasteiger partial charge on any atom is 0.326 e. The Labute approximate surface area is 187 Å². The SMILES string of the molecule is CCOC(=O)Cn1c(=NC(=O)/C=C\c2ccc([N+](=O)[O-])cc2)sc2cccc(OCC)c21. The summed E-state index contributed by atoms with van der Waals surface area (Å²) in [7, 11) is 0. The molecule has 0 N–H and O–H groups in total. The van der Waals surface area contributed by atoms with Crippen LogP contribution in [0.25, 0.3) is 16.3 Å². The minimum atomic E-state index is -0.537. The van der Waals surface area contributed by atoms with Crippen LogP contribution in [-0.4, -0.2) is 34.6 Å². The molecule has 166 valence electrons. The molecule has 0 spiro atoms. The van der Waals surface area contributed by atoms with Crippen LogP contribution in [-0.2, 0) is 20.9 Å². The summed E-state index contributed by atoms with van der Waals surface area (Å²) in [6, 6.07) is 11.3. The number of hydrogen-bond acceptors (Lipinski definition) is 7. The van der Waals surface area contributed by atoms with E-state index in [1.54, 1.807) is 17.6 Å². The fourth-order valence-electron chi connectivity index (χ4n) is 2.94. The molecule has 1 aromatic heterocycles. The van der Waals surface area contributed by atoms with Gasteiger partial charge in [-0.2, -0.15) is 4.99 Å². The largest absolute Gasteiger partial charge is 0.492 e. The van der Waals surface area contributed by atoms with E-state index in [1.165, 1.54) is 47.8 Å². The lowest BCUT2D eigenvalue weighted by Gasteiger charge is -2.09. The molecule has 9 nitrogen and oxygen atoms in total. The first-order valence-electron chi connectivity index (χ1n) is 9.85. The van der Waals surface area contributed by atoms with Gasteiger partial charge in [-0.15, -0.1) is 0 Å². The first-order chi connectivity index (χ1) is 15.4. The van der Waals surface area contributed by atoms with E-state index in [0.29, 0.717) is 28.2 Å². The highest BCUT2D eigenvalue weighted by Crippen LogP contribution is 2.27. The highest BCUT2D eigenvalue weighted by molar-refractivity contribution is 7.16. The van der Waals surface area contributed by atoms with Crippen LogP contribution < -0.4 is 9.54 Å². The molecule has 0 atom stereocenters. The number of carbonyl (C=O) groups excluding carboxylic acids is 2. The van der Waals surface area contributed by atoms with Gasteiger partial charge in [0.1, 0.15) is 17.8 Å². The van der Waals surface area contributed by atoms with E-state index in [2.05, 4.69) is 4.99 Å². The summed E-state index contributed by atoms with van der Waals surface area (Å²) in [4.78, 5) is 39.4. The molecule has 2 aromatic carbocycles. The zero-order valence-electron chi connectivity index (χ0n) is 17.5. The summed E-state index contributed by atoms with van der Waals surface area (Å²) in [5.41, 5.74) is 1.25. The van der Waals surface area contributed by atoms with E-state index in [-0.39, 0.29) is 18.8 Å². The first-order valence-corrected chi connectivity index (χ1v) is 10.7. The molecule has 10 heteroatoms. The average Bonchev–Trinajstić information content (AvgIpc) is 3.10. The van der Waals surface area contributed by atoms with Crippen molar-refractivity contribution in [3.05, 3.63) is 69.0 Å². The van der Waals surface area contributed by atoms with Gasteiger partial charge < -0.3 is 14.0 Å². The van der Waals surface area contributed by atoms with Crippen molar-refractivity contribution in [2.24, 2.45) is 4.99 Å². The van der Waals surface area contributed by atoms with Crippen LogP contribution >= 0.6 is 11.3 Å².